The maximum absolute atomic E-state index is 8.15. The summed E-state index contributed by atoms with van der Waals surface area (Å²) >= 11 is 0. The molecule has 0 amide bonds. The van der Waals surface area contributed by atoms with Crippen molar-refractivity contribution in [1.29, 1.82) is 0 Å². The lowest BCUT2D eigenvalue weighted by Crippen LogP contribution is -2.21. The number of aliphatic hydroxyl groups is 2. The molecule has 0 aliphatic rings. The molecule has 3 heteroatoms. The van der Waals surface area contributed by atoms with Crippen molar-refractivity contribution in [1.82, 2.24) is 5.32 Å². The Morgan fingerprint density at radius 1 is 0.850 bits per heavy atom. The molecule has 0 fully saturated rings. The number of rotatable bonds is 7. The average Bonchev–Trinajstić information content (AvgIpc) is 2.48. The molecule has 0 aromatic heterocycles. The molecule has 0 radical (unpaired) electrons. The Kier molecular flexibility index (Phi) is 21.8. The van der Waals surface area contributed by atoms with Gasteiger partial charge >= 0.3 is 0 Å². The molecule has 0 unspecified atom stereocenters. The van der Waals surface area contributed by atoms with Crippen LogP contribution in [0.25, 0.3) is 0 Å². The maximum atomic E-state index is 8.15. The second-order valence-electron chi connectivity index (χ2n) is 4.56. The number of aryl methyl sites for hydroxylation is 1. The third-order valence-electron chi connectivity index (χ3n) is 2.47. The van der Waals surface area contributed by atoms with Crippen molar-refractivity contribution in [3.63, 3.8) is 0 Å². The molecule has 0 aliphatic heterocycles. The molecule has 3 N–H and O–H groups in total. The lowest BCUT2D eigenvalue weighted by molar-refractivity contribution is 0.267. The molecule has 1 aromatic rings. The minimum atomic E-state index is 0.139. The fourth-order valence-corrected chi connectivity index (χ4v) is 1.32. The van der Waals surface area contributed by atoms with Gasteiger partial charge in [0.05, 0.1) is 13.2 Å². The van der Waals surface area contributed by atoms with Gasteiger partial charge in [0, 0.05) is 13.1 Å². The van der Waals surface area contributed by atoms with E-state index in [9.17, 15) is 0 Å². The molecule has 3 nitrogen and oxygen atoms in total. The Balaban J connectivity index is 0. The first-order valence-corrected chi connectivity index (χ1v) is 7.66. The van der Waals surface area contributed by atoms with Gasteiger partial charge in [0.2, 0.25) is 0 Å². The van der Waals surface area contributed by atoms with E-state index in [0.717, 1.165) is 0 Å². The van der Waals surface area contributed by atoms with Crippen LogP contribution in [0.2, 0.25) is 0 Å². The van der Waals surface area contributed by atoms with E-state index in [2.05, 4.69) is 38.2 Å². The van der Waals surface area contributed by atoms with Gasteiger partial charge in [0.1, 0.15) is 0 Å². The van der Waals surface area contributed by atoms with Crippen LogP contribution in [-0.2, 0) is 0 Å². The van der Waals surface area contributed by atoms with Crippen LogP contribution in [0.1, 0.15) is 45.1 Å². The third-order valence-corrected chi connectivity index (χ3v) is 2.47. The molecule has 0 spiro atoms. The molecule has 1 aromatic carbocycles. The molecular weight excluding hydrogens is 250 g/mol. The van der Waals surface area contributed by atoms with Gasteiger partial charge in [0.15, 0.2) is 0 Å². The maximum Gasteiger partial charge on any atom is 0.0555 e. The third kappa shape index (κ3) is 22.3. The Hall–Kier alpha value is -0.900. The first-order chi connectivity index (χ1) is 9.72. The normalized spacial score (nSPS) is 9.05. The van der Waals surface area contributed by atoms with Gasteiger partial charge in [0.25, 0.3) is 0 Å². The van der Waals surface area contributed by atoms with Crippen molar-refractivity contribution in [2.45, 2.75) is 46.5 Å². The highest BCUT2D eigenvalue weighted by Crippen LogP contribution is 1.95. The van der Waals surface area contributed by atoms with E-state index in [0.29, 0.717) is 13.1 Å². The summed E-state index contributed by atoms with van der Waals surface area (Å²) < 4.78 is 0. The molecule has 0 aliphatic carbocycles. The Bertz CT molecular complexity index is 244. The van der Waals surface area contributed by atoms with Crippen LogP contribution in [0.15, 0.2) is 30.3 Å². The van der Waals surface area contributed by atoms with Crippen LogP contribution in [0.5, 0.6) is 0 Å². The van der Waals surface area contributed by atoms with E-state index in [4.69, 9.17) is 10.2 Å². The molecule has 118 valence electrons. The van der Waals surface area contributed by atoms with Gasteiger partial charge in [-0.2, -0.15) is 0 Å². The Morgan fingerprint density at radius 2 is 1.30 bits per heavy atom. The molecule has 0 saturated heterocycles. The zero-order valence-corrected chi connectivity index (χ0v) is 13.4. The predicted octanol–water partition coefficient (Wildman–Crippen LogP) is 3.14. The highest BCUT2D eigenvalue weighted by molar-refractivity contribution is 5.11. The van der Waals surface area contributed by atoms with Gasteiger partial charge in [-0.1, -0.05) is 75.4 Å². The summed E-state index contributed by atoms with van der Waals surface area (Å²) in [5.74, 6) is 0. The second kappa shape index (κ2) is 20.4. The van der Waals surface area contributed by atoms with Gasteiger partial charge < -0.3 is 15.5 Å². The van der Waals surface area contributed by atoms with Crippen molar-refractivity contribution in [3.8, 4) is 0 Å². The summed E-state index contributed by atoms with van der Waals surface area (Å²) in [4.78, 5) is 0. The van der Waals surface area contributed by atoms with Crippen molar-refractivity contribution < 1.29 is 10.2 Å². The zero-order valence-electron chi connectivity index (χ0n) is 13.4. The summed E-state index contributed by atoms with van der Waals surface area (Å²) in [6, 6.07) is 10.3. The first-order valence-electron chi connectivity index (χ1n) is 7.66. The summed E-state index contributed by atoms with van der Waals surface area (Å²) in [5.41, 5.74) is 1.32. The SMILES string of the molecule is CCCCCC.Cc1ccccc1.OCCNCCO. The van der Waals surface area contributed by atoms with E-state index < -0.39 is 0 Å². The van der Waals surface area contributed by atoms with E-state index >= 15 is 0 Å². The molecular formula is C17H33NO2. The fraction of sp³-hybridized carbons (Fsp3) is 0.647. The minimum absolute atomic E-state index is 0.139. The smallest absolute Gasteiger partial charge is 0.0555 e. The zero-order chi connectivity index (χ0) is 15.5. The number of benzene rings is 1. The predicted molar refractivity (Wildman–Crippen MR) is 88.0 cm³/mol. The van der Waals surface area contributed by atoms with Gasteiger partial charge in [-0.15, -0.1) is 0 Å². The summed E-state index contributed by atoms with van der Waals surface area (Å²) in [7, 11) is 0. The molecule has 1 rings (SSSR count). The summed E-state index contributed by atoms with van der Waals surface area (Å²) in [6.07, 6.45) is 5.54. The second-order valence-corrected chi connectivity index (χ2v) is 4.56. The van der Waals surface area contributed by atoms with Crippen LogP contribution >= 0.6 is 0 Å². The highest BCUT2D eigenvalue weighted by atomic mass is 16.3. The monoisotopic (exact) mass is 283 g/mol. The Labute approximate surface area is 125 Å². The first kappa shape index (κ1) is 21.4. The molecule has 0 bridgehead atoms. The lowest BCUT2D eigenvalue weighted by Gasteiger charge is -1.94. The average molecular weight is 283 g/mol. The fourth-order valence-electron chi connectivity index (χ4n) is 1.32. The number of hydrogen-bond acceptors (Lipinski definition) is 3. The molecule has 20 heavy (non-hydrogen) atoms. The van der Waals surface area contributed by atoms with Crippen molar-refractivity contribution in [3.05, 3.63) is 35.9 Å². The van der Waals surface area contributed by atoms with Gasteiger partial charge in [-0.25, -0.2) is 0 Å². The lowest BCUT2D eigenvalue weighted by atomic mass is 10.2. The van der Waals surface area contributed by atoms with E-state index in [1.54, 1.807) is 0 Å². The van der Waals surface area contributed by atoms with Crippen molar-refractivity contribution >= 4 is 0 Å². The van der Waals surface area contributed by atoms with E-state index in [-0.39, 0.29) is 13.2 Å². The Morgan fingerprint density at radius 3 is 1.55 bits per heavy atom. The highest BCUT2D eigenvalue weighted by Gasteiger charge is 1.78. The molecule has 0 saturated carbocycles. The van der Waals surface area contributed by atoms with E-state index in [1.165, 1.54) is 31.2 Å². The summed E-state index contributed by atoms with van der Waals surface area (Å²) in [6.45, 7) is 7.96. The number of nitrogens with one attached hydrogen (secondary N) is 1. The van der Waals surface area contributed by atoms with Crippen LogP contribution < -0.4 is 5.32 Å². The summed E-state index contributed by atoms with van der Waals surface area (Å²) in [5, 5.41) is 19.1. The standard InChI is InChI=1S/C7H8.C6H14.C4H11NO2/c1-7-5-3-2-4-6-7;1-3-5-6-4-2;6-3-1-5-2-4-7/h2-6H,1H3;3-6H2,1-2H3;5-7H,1-4H2. The van der Waals surface area contributed by atoms with Crippen molar-refractivity contribution in [2.75, 3.05) is 26.3 Å². The van der Waals surface area contributed by atoms with Crippen LogP contribution in [-0.4, -0.2) is 36.5 Å². The van der Waals surface area contributed by atoms with Gasteiger partial charge in [-0.05, 0) is 6.92 Å². The molecule has 0 atom stereocenters. The van der Waals surface area contributed by atoms with Crippen molar-refractivity contribution in [2.24, 2.45) is 0 Å². The minimum Gasteiger partial charge on any atom is -0.395 e. The van der Waals surface area contributed by atoms with Gasteiger partial charge in [-0.3, -0.25) is 0 Å². The quantitative estimate of drug-likeness (QED) is 0.674. The largest absolute Gasteiger partial charge is 0.395 e. The van der Waals surface area contributed by atoms with Crippen LogP contribution in [0, 0.1) is 6.92 Å². The molecule has 0 heterocycles. The number of aliphatic hydroxyl groups excluding tert-OH is 2. The number of hydrogen-bond donors (Lipinski definition) is 3. The van der Waals surface area contributed by atoms with Crippen LogP contribution in [0.4, 0.5) is 0 Å². The van der Waals surface area contributed by atoms with Crippen LogP contribution in [0.3, 0.4) is 0 Å². The van der Waals surface area contributed by atoms with E-state index in [1.807, 2.05) is 18.2 Å². The topological polar surface area (TPSA) is 52.5 Å². The number of unbranched alkanes of at least 4 members (excludes halogenated alkanes) is 3.